The molecule has 7 nitrogen and oxygen atoms in total. The Morgan fingerprint density at radius 3 is 2.47 bits per heavy atom. The Labute approximate surface area is 199 Å². The van der Waals surface area contributed by atoms with Gasteiger partial charge in [0, 0.05) is 30.5 Å². The van der Waals surface area contributed by atoms with Crippen LogP contribution in [0.4, 0.5) is 5.82 Å². The normalized spacial score (nSPS) is 11.2. The van der Waals surface area contributed by atoms with Gasteiger partial charge in [-0.1, -0.05) is 49.7 Å². The Bertz CT molecular complexity index is 1340. The molecule has 0 aliphatic carbocycles. The molecule has 34 heavy (non-hydrogen) atoms. The van der Waals surface area contributed by atoms with E-state index in [-0.39, 0.29) is 11.7 Å². The first-order valence-electron chi connectivity index (χ1n) is 11.9. The average molecular weight is 458 g/mol. The third-order valence-corrected chi connectivity index (χ3v) is 6.09. The van der Waals surface area contributed by atoms with Gasteiger partial charge in [-0.25, -0.2) is 9.97 Å². The molecule has 0 fully saturated rings. The number of carbonyl (C=O) groups excluding carboxylic acids is 2. The number of ketones is 1. The third-order valence-electron chi connectivity index (χ3n) is 6.09. The lowest BCUT2D eigenvalue weighted by Crippen LogP contribution is -2.26. The zero-order chi connectivity index (χ0) is 24.1. The lowest BCUT2D eigenvalue weighted by atomic mass is 10.0. The van der Waals surface area contributed by atoms with E-state index in [1.807, 2.05) is 18.2 Å². The first-order valence-corrected chi connectivity index (χ1v) is 11.9. The standard InChI is InChI=1S/C27H31N5O2/c1-3-4-15-23-31-24-25(21-13-7-8-14-22(21)30-26(24)28)32(23)17-10-9-16-29-27(34)20-12-6-5-11-19(20)18(2)33/h5-8,11-14H,3-4,9-10,15-17H2,1-2H3,(H2,28,30)(H,29,34). The van der Waals surface area contributed by atoms with Crippen molar-refractivity contribution in [2.75, 3.05) is 12.3 Å². The van der Waals surface area contributed by atoms with Crippen molar-refractivity contribution in [1.29, 1.82) is 0 Å². The lowest BCUT2D eigenvalue weighted by Gasteiger charge is -2.12. The molecule has 4 aromatic rings. The van der Waals surface area contributed by atoms with Crippen LogP contribution in [0.2, 0.25) is 0 Å². The van der Waals surface area contributed by atoms with Gasteiger partial charge in [-0.05, 0) is 38.3 Å². The highest BCUT2D eigenvalue weighted by Crippen LogP contribution is 2.29. The summed E-state index contributed by atoms with van der Waals surface area (Å²) in [5.74, 6) is 1.16. The summed E-state index contributed by atoms with van der Waals surface area (Å²) >= 11 is 0. The molecule has 0 spiro atoms. The van der Waals surface area contributed by atoms with E-state index in [1.165, 1.54) is 6.92 Å². The van der Waals surface area contributed by atoms with Gasteiger partial charge in [0.1, 0.15) is 11.3 Å². The van der Waals surface area contributed by atoms with E-state index in [4.69, 9.17) is 10.7 Å². The smallest absolute Gasteiger partial charge is 0.252 e. The average Bonchev–Trinajstić information content (AvgIpc) is 3.21. The Morgan fingerprint density at radius 2 is 1.71 bits per heavy atom. The zero-order valence-corrected chi connectivity index (χ0v) is 19.8. The van der Waals surface area contributed by atoms with Crippen LogP contribution in [0.5, 0.6) is 0 Å². The van der Waals surface area contributed by atoms with Crippen molar-refractivity contribution in [3.8, 4) is 0 Å². The van der Waals surface area contributed by atoms with Crippen molar-refractivity contribution in [3.05, 3.63) is 65.5 Å². The molecule has 0 aliphatic rings. The number of rotatable bonds is 10. The molecular formula is C27H31N5O2. The van der Waals surface area contributed by atoms with Crippen LogP contribution < -0.4 is 11.1 Å². The molecular weight excluding hydrogens is 426 g/mol. The minimum Gasteiger partial charge on any atom is -0.382 e. The fourth-order valence-corrected chi connectivity index (χ4v) is 4.35. The van der Waals surface area contributed by atoms with Crippen molar-refractivity contribution in [2.24, 2.45) is 0 Å². The van der Waals surface area contributed by atoms with Crippen LogP contribution in [0, 0.1) is 0 Å². The summed E-state index contributed by atoms with van der Waals surface area (Å²) in [6.45, 7) is 4.96. The third kappa shape index (κ3) is 4.78. The summed E-state index contributed by atoms with van der Waals surface area (Å²) in [5, 5.41) is 4.01. The zero-order valence-electron chi connectivity index (χ0n) is 19.8. The Hall–Kier alpha value is -3.74. The van der Waals surface area contributed by atoms with Crippen molar-refractivity contribution in [3.63, 3.8) is 0 Å². The largest absolute Gasteiger partial charge is 0.382 e. The second kappa shape index (κ2) is 10.5. The Balaban J connectivity index is 1.49. The van der Waals surface area contributed by atoms with Gasteiger partial charge < -0.3 is 15.6 Å². The number of unbranched alkanes of at least 4 members (excludes halogenated alkanes) is 2. The van der Waals surface area contributed by atoms with Gasteiger partial charge in [-0.3, -0.25) is 9.59 Å². The van der Waals surface area contributed by atoms with Crippen LogP contribution in [0.25, 0.3) is 21.9 Å². The van der Waals surface area contributed by atoms with E-state index in [1.54, 1.807) is 24.3 Å². The summed E-state index contributed by atoms with van der Waals surface area (Å²) in [5.41, 5.74) is 9.81. The molecule has 1 amide bonds. The molecule has 2 heterocycles. The predicted molar refractivity (Wildman–Crippen MR) is 136 cm³/mol. The van der Waals surface area contributed by atoms with E-state index in [0.717, 1.165) is 66.4 Å². The molecule has 176 valence electrons. The van der Waals surface area contributed by atoms with E-state index < -0.39 is 0 Å². The SMILES string of the molecule is CCCCc1nc2c(N)nc3ccccc3c2n1CCCCNC(=O)c1ccccc1C(C)=O. The first-order chi connectivity index (χ1) is 16.5. The number of amides is 1. The molecule has 0 saturated heterocycles. The van der Waals surface area contributed by atoms with Crippen molar-refractivity contribution < 1.29 is 9.59 Å². The van der Waals surface area contributed by atoms with E-state index >= 15 is 0 Å². The highest BCUT2D eigenvalue weighted by Gasteiger charge is 2.17. The molecule has 0 unspecified atom stereocenters. The molecule has 3 N–H and O–H groups in total. The van der Waals surface area contributed by atoms with Crippen LogP contribution in [-0.4, -0.2) is 32.8 Å². The number of aryl methyl sites for hydroxylation is 2. The summed E-state index contributed by atoms with van der Waals surface area (Å²) in [4.78, 5) is 33.8. The molecule has 0 atom stereocenters. The first kappa shape index (κ1) is 23.4. The molecule has 7 heteroatoms. The maximum Gasteiger partial charge on any atom is 0.252 e. The summed E-state index contributed by atoms with van der Waals surface area (Å²) in [6, 6.07) is 14.9. The second-order valence-corrected chi connectivity index (χ2v) is 8.56. The number of hydrogen-bond donors (Lipinski definition) is 2. The van der Waals surface area contributed by atoms with Crippen LogP contribution >= 0.6 is 0 Å². The van der Waals surface area contributed by atoms with Crippen LogP contribution in [0.15, 0.2) is 48.5 Å². The quantitative estimate of drug-likeness (QED) is 0.260. The molecule has 2 aromatic carbocycles. The molecule has 0 aliphatic heterocycles. The number of imidazole rings is 1. The van der Waals surface area contributed by atoms with Gasteiger partial charge in [0.15, 0.2) is 11.6 Å². The minimum atomic E-state index is -0.215. The van der Waals surface area contributed by atoms with Gasteiger partial charge in [0.2, 0.25) is 0 Å². The fourth-order valence-electron chi connectivity index (χ4n) is 4.35. The number of benzene rings is 2. The van der Waals surface area contributed by atoms with Gasteiger partial charge >= 0.3 is 0 Å². The maximum absolute atomic E-state index is 12.6. The van der Waals surface area contributed by atoms with Crippen molar-refractivity contribution >= 4 is 39.4 Å². The van der Waals surface area contributed by atoms with Crippen molar-refractivity contribution in [2.45, 2.75) is 52.5 Å². The Morgan fingerprint density at radius 1 is 0.971 bits per heavy atom. The summed E-state index contributed by atoms with van der Waals surface area (Å²) in [6.07, 6.45) is 4.71. The van der Waals surface area contributed by atoms with Gasteiger partial charge in [-0.15, -0.1) is 0 Å². The number of nitrogen functional groups attached to an aromatic ring is 1. The number of carbonyl (C=O) groups is 2. The van der Waals surface area contributed by atoms with E-state index in [9.17, 15) is 9.59 Å². The maximum atomic E-state index is 12.6. The van der Waals surface area contributed by atoms with Gasteiger partial charge in [0.25, 0.3) is 5.91 Å². The second-order valence-electron chi connectivity index (χ2n) is 8.56. The van der Waals surface area contributed by atoms with Crippen LogP contribution in [-0.2, 0) is 13.0 Å². The summed E-state index contributed by atoms with van der Waals surface area (Å²) < 4.78 is 2.28. The van der Waals surface area contributed by atoms with Crippen LogP contribution in [0.3, 0.4) is 0 Å². The number of aromatic nitrogens is 3. The number of hydrogen-bond acceptors (Lipinski definition) is 5. The minimum absolute atomic E-state index is 0.113. The Kier molecular flexibility index (Phi) is 7.21. The highest BCUT2D eigenvalue weighted by atomic mass is 16.2. The van der Waals surface area contributed by atoms with Crippen LogP contribution in [0.1, 0.15) is 66.1 Å². The number of nitrogens with zero attached hydrogens (tertiary/aromatic N) is 3. The predicted octanol–water partition coefficient (Wildman–Crippen LogP) is 4.92. The highest BCUT2D eigenvalue weighted by molar-refractivity contribution is 6.07. The fraction of sp³-hybridized carbons (Fsp3) is 0.333. The molecule has 2 aromatic heterocycles. The lowest BCUT2D eigenvalue weighted by molar-refractivity contribution is 0.0938. The molecule has 0 saturated carbocycles. The molecule has 0 radical (unpaired) electrons. The number of nitrogens with two attached hydrogens (primary N) is 1. The molecule has 0 bridgehead atoms. The van der Waals surface area contributed by atoms with Gasteiger partial charge in [-0.2, -0.15) is 0 Å². The number of para-hydroxylation sites is 1. The van der Waals surface area contributed by atoms with E-state index in [0.29, 0.717) is 23.5 Å². The molecule has 4 rings (SSSR count). The van der Waals surface area contributed by atoms with Crippen molar-refractivity contribution in [1.82, 2.24) is 19.9 Å². The topological polar surface area (TPSA) is 103 Å². The monoisotopic (exact) mass is 457 g/mol. The van der Waals surface area contributed by atoms with E-state index in [2.05, 4.69) is 27.9 Å². The number of pyridine rings is 1. The number of nitrogens with one attached hydrogen (secondary N) is 1. The van der Waals surface area contributed by atoms with Gasteiger partial charge in [0.05, 0.1) is 16.6 Å². The number of fused-ring (bicyclic) bond motifs is 3. The number of Topliss-reactive ketones (excluding diaryl/α,β-unsaturated/α-hetero) is 1. The summed E-state index contributed by atoms with van der Waals surface area (Å²) in [7, 11) is 0. The number of anilines is 1.